The number of hydrogen-bond acceptors (Lipinski definition) is 5. The molecule has 0 bridgehead atoms. The van der Waals surface area contributed by atoms with Crippen LogP contribution in [0.3, 0.4) is 0 Å². The Kier molecular flexibility index (Phi) is 4.21. The first-order valence-electron chi connectivity index (χ1n) is 6.71. The summed E-state index contributed by atoms with van der Waals surface area (Å²) in [4.78, 5) is 20.3. The second kappa shape index (κ2) is 6.45. The number of thiazole rings is 1. The van der Waals surface area contributed by atoms with Gasteiger partial charge in [0, 0.05) is 12.6 Å². The Morgan fingerprint density at radius 2 is 2.00 bits per heavy atom. The van der Waals surface area contributed by atoms with E-state index in [9.17, 15) is 4.79 Å². The number of pyridine rings is 1. The zero-order valence-electron chi connectivity index (χ0n) is 11.4. The number of nitrogens with zero attached hydrogens (tertiary/aromatic N) is 2. The van der Waals surface area contributed by atoms with Crippen LogP contribution in [-0.2, 0) is 22.6 Å². The van der Waals surface area contributed by atoms with Crippen LogP contribution in [0.15, 0.2) is 48.7 Å². The molecule has 0 amide bonds. The van der Waals surface area contributed by atoms with Gasteiger partial charge in [-0.3, -0.25) is 9.78 Å². The number of carbonyl (C=O) groups excluding carboxylic acids is 1. The standard InChI is InChI=1S/C16H14N2O2S/c19-16(20-11-12-5-3-4-10-17-12)9-8-15-18-13-6-1-2-7-14(13)21-15/h1-7,10H,8-9,11H2. The lowest BCUT2D eigenvalue weighted by atomic mass is 10.3. The van der Waals surface area contributed by atoms with Gasteiger partial charge in [0.1, 0.15) is 6.61 Å². The average molecular weight is 298 g/mol. The maximum Gasteiger partial charge on any atom is 0.306 e. The topological polar surface area (TPSA) is 52.1 Å². The first kappa shape index (κ1) is 13.7. The molecular formula is C16H14N2O2S. The minimum Gasteiger partial charge on any atom is -0.459 e. The molecule has 0 aliphatic heterocycles. The fourth-order valence-electron chi connectivity index (χ4n) is 1.95. The molecule has 4 nitrogen and oxygen atoms in total. The highest BCUT2D eigenvalue weighted by Crippen LogP contribution is 2.22. The number of rotatable bonds is 5. The molecular weight excluding hydrogens is 284 g/mol. The number of esters is 1. The third-order valence-corrected chi connectivity index (χ3v) is 4.08. The van der Waals surface area contributed by atoms with Crippen LogP contribution < -0.4 is 0 Å². The second-order valence-corrected chi connectivity index (χ2v) is 5.67. The Morgan fingerprint density at radius 1 is 1.14 bits per heavy atom. The Hall–Kier alpha value is -2.27. The Bertz CT molecular complexity index is 707. The first-order valence-corrected chi connectivity index (χ1v) is 7.53. The second-order valence-electron chi connectivity index (χ2n) is 4.56. The summed E-state index contributed by atoms with van der Waals surface area (Å²) in [5.41, 5.74) is 1.74. The molecule has 0 unspecified atom stereocenters. The molecule has 0 saturated carbocycles. The molecule has 0 saturated heterocycles. The van der Waals surface area contributed by atoms with Crippen molar-refractivity contribution < 1.29 is 9.53 Å². The van der Waals surface area contributed by atoms with E-state index in [-0.39, 0.29) is 12.6 Å². The van der Waals surface area contributed by atoms with Gasteiger partial charge in [-0.25, -0.2) is 4.98 Å². The maximum atomic E-state index is 11.7. The fraction of sp³-hybridized carbons (Fsp3) is 0.188. The van der Waals surface area contributed by atoms with Crippen LogP contribution in [-0.4, -0.2) is 15.9 Å². The molecule has 0 fully saturated rings. The third-order valence-electron chi connectivity index (χ3n) is 2.99. The lowest BCUT2D eigenvalue weighted by molar-refractivity contribution is -0.145. The summed E-state index contributed by atoms with van der Waals surface area (Å²) >= 11 is 1.62. The van der Waals surface area contributed by atoms with Crippen LogP contribution in [0.4, 0.5) is 0 Å². The van der Waals surface area contributed by atoms with Gasteiger partial charge in [0.05, 0.1) is 27.3 Å². The van der Waals surface area contributed by atoms with Gasteiger partial charge in [-0.05, 0) is 24.3 Å². The van der Waals surface area contributed by atoms with Gasteiger partial charge in [0.25, 0.3) is 0 Å². The molecule has 3 aromatic rings. The summed E-state index contributed by atoms with van der Waals surface area (Å²) in [7, 11) is 0. The van der Waals surface area contributed by atoms with E-state index >= 15 is 0 Å². The lowest BCUT2D eigenvalue weighted by Gasteiger charge is -2.03. The molecule has 0 N–H and O–H groups in total. The minimum absolute atomic E-state index is 0.222. The largest absolute Gasteiger partial charge is 0.459 e. The van der Waals surface area contributed by atoms with Crippen LogP contribution in [0.5, 0.6) is 0 Å². The number of fused-ring (bicyclic) bond motifs is 1. The van der Waals surface area contributed by atoms with Crippen LogP contribution in [0, 0.1) is 0 Å². The normalized spacial score (nSPS) is 10.7. The smallest absolute Gasteiger partial charge is 0.306 e. The molecule has 0 aliphatic carbocycles. The molecule has 2 heterocycles. The van der Waals surface area contributed by atoms with E-state index < -0.39 is 0 Å². The molecule has 0 radical (unpaired) electrons. The van der Waals surface area contributed by atoms with Crippen LogP contribution in [0.2, 0.25) is 0 Å². The van der Waals surface area contributed by atoms with Crippen molar-refractivity contribution in [3.63, 3.8) is 0 Å². The highest BCUT2D eigenvalue weighted by molar-refractivity contribution is 7.18. The minimum atomic E-state index is -0.222. The van der Waals surface area contributed by atoms with Gasteiger partial charge in [-0.2, -0.15) is 0 Å². The first-order chi connectivity index (χ1) is 10.3. The van der Waals surface area contributed by atoms with E-state index in [1.807, 2.05) is 42.5 Å². The van der Waals surface area contributed by atoms with Crippen molar-refractivity contribution in [2.24, 2.45) is 0 Å². The van der Waals surface area contributed by atoms with E-state index in [4.69, 9.17) is 4.74 Å². The number of para-hydroxylation sites is 1. The van der Waals surface area contributed by atoms with Crippen LogP contribution in [0.1, 0.15) is 17.1 Å². The predicted octanol–water partition coefficient (Wildman–Crippen LogP) is 3.37. The van der Waals surface area contributed by atoms with Gasteiger partial charge in [0.15, 0.2) is 0 Å². The number of benzene rings is 1. The molecule has 1 aromatic carbocycles. The third kappa shape index (κ3) is 3.64. The van der Waals surface area contributed by atoms with Crippen molar-refractivity contribution in [1.29, 1.82) is 0 Å². The number of carbonyl (C=O) groups is 1. The van der Waals surface area contributed by atoms with Crippen molar-refractivity contribution in [2.75, 3.05) is 0 Å². The van der Waals surface area contributed by atoms with E-state index in [1.54, 1.807) is 17.5 Å². The quantitative estimate of drug-likeness (QED) is 0.678. The van der Waals surface area contributed by atoms with Crippen LogP contribution >= 0.6 is 11.3 Å². The molecule has 5 heteroatoms. The summed E-state index contributed by atoms with van der Waals surface area (Å²) in [6, 6.07) is 13.5. The Morgan fingerprint density at radius 3 is 2.81 bits per heavy atom. The molecule has 21 heavy (non-hydrogen) atoms. The van der Waals surface area contributed by atoms with Crippen molar-refractivity contribution in [3.8, 4) is 0 Å². The molecule has 3 rings (SSSR count). The summed E-state index contributed by atoms with van der Waals surface area (Å²) in [6.07, 6.45) is 2.64. The number of aromatic nitrogens is 2. The van der Waals surface area contributed by atoms with Crippen molar-refractivity contribution >= 4 is 27.5 Å². The molecule has 106 valence electrons. The fourth-order valence-corrected chi connectivity index (χ4v) is 2.91. The highest BCUT2D eigenvalue weighted by Gasteiger charge is 2.08. The predicted molar refractivity (Wildman–Crippen MR) is 82.0 cm³/mol. The summed E-state index contributed by atoms with van der Waals surface area (Å²) in [5.74, 6) is -0.222. The number of aryl methyl sites for hydroxylation is 1. The summed E-state index contributed by atoms with van der Waals surface area (Å²) < 4.78 is 6.35. The number of ether oxygens (including phenoxy) is 1. The van der Waals surface area contributed by atoms with Gasteiger partial charge < -0.3 is 4.74 Å². The SMILES string of the molecule is O=C(CCc1nc2ccccc2s1)OCc1ccccn1. The zero-order chi connectivity index (χ0) is 14.5. The van der Waals surface area contributed by atoms with Gasteiger partial charge in [-0.1, -0.05) is 18.2 Å². The maximum absolute atomic E-state index is 11.7. The van der Waals surface area contributed by atoms with E-state index in [2.05, 4.69) is 9.97 Å². The highest BCUT2D eigenvalue weighted by atomic mass is 32.1. The van der Waals surface area contributed by atoms with Gasteiger partial charge in [0.2, 0.25) is 0 Å². The Balaban J connectivity index is 1.51. The van der Waals surface area contributed by atoms with Crippen molar-refractivity contribution in [3.05, 3.63) is 59.4 Å². The van der Waals surface area contributed by atoms with Gasteiger partial charge in [-0.15, -0.1) is 11.3 Å². The van der Waals surface area contributed by atoms with Crippen LogP contribution in [0.25, 0.3) is 10.2 Å². The molecule has 0 aliphatic rings. The van der Waals surface area contributed by atoms with Gasteiger partial charge >= 0.3 is 5.97 Å². The molecule has 0 spiro atoms. The van der Waals surface area contributed by atoms with E-state index in [0.717, 1.165) is 20.9 Å². The van der Waals surface area contributed by atoms with E-state index in [0.29, 0.717) is 12.8 Å². The lowest BCUT2D eigenvalue weighted by Crippen LogP contribution is -2.06. The van der Waals surface area contributed by atoms with E-state index in [1.165, 1.54) is 0 Å². The average Bonchev–Trinajstić information content (AvgIpc) is 2.95. The monoisotopic (exact) mass is 298 g/mol. The zero-order valence-corrected chi connectivity index (χ0v) is 12.2. The molecule has 0 atom stereocenters. The molecule has 2 aromatic heterocycles. The number of hydrogen-bond donors (Lipinski definition) is 0. The van der Waals surface area contributed by atoms with Crippen molar-refractivity contribution in [2.45, 2.75) is 19.4 Å². The summed E-state index contributed by atoms with van der Waals surface area (Å²) in [6.45, 7) is 0.222. The summed E-state index contributed by atoms with van der Waals surface area (Å²) in [5, 5.41) is 0.964. The Labute approximate surface area is 126 Å². The van der Waals surface area contributed by atoms with Crippen molar-refractivity contribution in [1.82, 2.24) is 9.97 Å².